The molecule has 1 heterocycles. The third-order valence-corrected chi connectivity index (χ3v) is 6.34. The molecular formula is C25H41N3O2. The van der Waals surface area contributed by atoms with Crippen LogP contribution in [0.4, 0.5) is 0 Å². The summed E-state index contributed by atoms with van der Waals surface area (Å²) >= 11 is 0. The first-order chi connectivity index (χ1) is 14.2. The number of nitrogens with zero attached hydrogens (tertiary/aromatic N) is 3. The molecule has 168 valence electrons. The van der Waals surface area contributed by atoms with Crippen LogP contribution in [-0.2, 0) is 9.53 Å². The molecule has 5 heteroatoms. The lowest BCUT2D eigenvalue weighted by Crippen LogP contribution is -2.58. The highest BCUT2D eigenvalue weighted by Gasteiger charge is 2.37. The zero-order chi connectivity index (χ0) is 22.5. The summed E-state index contributed by atoms with van der Waals surface area (Å²) in [5, 5.41) is 0. The molecule has 30 heavy (non-hydrogen) atoms. The molecule has 1 aliphatic heterocycles. The van der Waals surface area contributed by atoms with Gasteiger partial charge in [-0.3, -0.25) is 9.79 Å². The fourth-order valence-electron chi connectivity index (χ4n) is 4.15. The van der Waals surface area contributed by atoms with Gasteiger partial charge in [0.1, 0.15) is 5.60 Å². The second kappa shape index (κ2) is 10.4. The van der Waals surface area contributed by atoms with Crippen molar-refractivity contribution in [2.45, 2.75) is 79.4 Å². The summed E-state index contributed by atoms with van der Waals surface area (Å²) in [5.74, 6) is 0.719. The van der Waals surface area contributed by atoms with Crippen molar-refractivity contribution in [2.24, 2.45) is 10.9 Å². The average molecular weight is 416 g/mol. The Labute approximate surface area is 183 Å². The van der Waals surface area contributed by atoms with E-state index in [9.17, 15) is 4.79 Å². The minimum Gasteiger partial charge on any atom is -0.371 e. The third-order valence-electron chi connectivity index (χ3n) is 6.34. The van der Waals surface area contributed by atoms with Crippen LogP contribution in [0.15, 0.2) is 40.2 Å². The maximum Gasteiger partial charge on any atom is 0.254 e. The van der Waals surface area contributed by atoms with E-state index in [1.807, 2.05) is 24.9 Å². The van der Waals surface area contributed by atoms with E-state index in [4.69, 9.17) is 9.73 Å². The van der Waals surface area contributed by atoms with Crippen molar-refractivity contribution in [3.05, 3.63) is 35.2 Å². The summed E-state index contributed by atoms with van der Waals surface area (Å²) in [4.78, 5) is 22.1. The molecule has 0 bridgehead atoms. The minimum absolute atomic E-state index is 0.0635. The van der Waals surface area contributed by atoms with Crippen molar-refractivity contribution in [2.75, 3.05) is 26.7 Å². The van der Waals surface area contributed by atoms with Crippen LogP contribution in [0.25, 0.3) is 0 Å². The topological polar surface area (TPSA) is 45.1 Å². The first-order valence-electron chi connectivity index (χ1n) is 11.4. The molecule has 1 atom stereocenters. The van der Waals surface area contributed by atoms with Crippen molar-refractivity contribution < 1.29 is 9.53 Å². The highest BCUT2D eigenvalue weighted by molar-refractivity contribution is 6.03. The van der Waals surface area contributed by atoms with Crippen molar-refractivity contribution in [1.82, 2.24) is 9.80 Å². The largest absolute Gasteiger partial charge is 0.371 e. The van der Waals surface area contributed by atoms with Crippen LogP contribution < -0.4 is 0 Å². The van der Waals surface area contributed by atoms with Crippen molar-refractivity contribution in [1.29, 1.82) is 0 Å². The molecule has 0 N–H and O–H groups in total. The van der Waals surface area contributed by atoms with Gasteiger partial charge in [0.15, 0.2) is 0 Å². The Kier molecular flexibility index (Phi) is 8.48. The summed E-state index contributed by atoms with van der Waals surface area (Å²) in [5.41, 5.74) is 4.26. The molecule has 0 aromatic carbocycles. The van der Waals surface area contributed by atoms with Gasteiger partial charge in [0, 0.05) is 56.0 Å². The summed E-state index contributed by atoms with van der Waals surface area (Å²) in [6.07, 6.45) is 9.79. The Morgan fingerprint density at radius 1 is 1.23 bits per heavy atom. The predicted molar refractivity (Wildman–Crippen MR) is 126 cm³/mol. The molecule has 0 aromatic heterocycles. The van der Waals surface area contributed by atoms with E-state index in [0.717, 1.165) is 25.2 Å². The van der Waals surface area contributed by atoms with Gasteiger partial charge in [0.2, 0.25) is 0 Å². The smallest absolute Gasteiger partial charge is 0.254 e. The van der Waals surface area contributed by atoms with Crippen LogP contribution in [0.3, 0.4) is 0 Å². The maximum absolute atomic E-state index is 12.9. The molecule has 2 aliphatic rings. The molecule has 1 saturated carbocycles. The van der Waals surface area contributed by atoms with E-state index in [2.05, 4.69) is 51.7 Å². The number of carbonyl (C=O) groups is 1. The number of aliphatic imine (C=N–C) groups is 1. The van der Waals surface area contributed by atoms with Crippen LogP contribution in [0, 0.1) is 5.92 Å². The second-order valence-corrected chi connectivity index (χ2v) is 8.99. The summed E-state index contributed by atoms with van der Waals surface area (Å²) < 4.78 is 5.43. The zero-order valence-corrected chi connectivity index (χ0v) is 20.3. The number of hydrogen-bond donors (Lipinski definition) is 0. The second-order valence-electron chi connectivity index (χ2n) is 8.99. The molecule has 0 radical (unpaired) electrons. The maximum atomic E-state index is 12.9. The van der Waals surface area contributed by atoms with Gasteiger partial charge in [-0.15, -0.1) is 0 Å². The lowest BCUT2D eigenvalue weighted by Gasteiger charge is -2.44. The van der Waals surface area contributed by atoms with Gasteiger partial charge in [0.25, 0.3) is 5.91 Å². The molecule has 2 rings (SSSR count). The average Bonchev–Trinajstić information content (AvgIpc) is 3.56. The lowest BCUT2D eigenvalue weighted by atomic mass is 9.94. The Morgan fingerprint density at radius 3 is 2.40 bits per heavy atom. The van der Waals surface area contributed by atoms with Gasteiger partial charge in [-0.1, -0.05) is 19.1 Å². The Morgan fingerprint density at radius 2 is 1.90 bits per heavy atom. The molecule has 1 unspecified atom stereocenters. The molecule has 1 amide bonds. The monoisotopic (exact) mass is 415 g/mol. The van der Waals surface area contributed by atoms with E-state index in [1.165, 1.54) is 29.7 Å². The molecule has 5 nitrogen and oxygen atoms in total. The van der Waals surface area contributed by atoms with Crippen molar-refractivity contribution in [3.63, 3.8) is 0 Å². The summed E-state index contributed by atoms with van der Waals surface area (Å²) in [6.45, 7) is 16.8. The van der Waals surface area contributed by atoms with Gasteiger partial charge in [-0.25, -0.2) is 0 Å². The SMILES string of the molecule is C\C=C(C(/C(C)=N/C=C/CC)=C(/C)N1CCN(C(=O)C(C)(C)OC)C(C)C1)\C1CC1. The Bertz CT molecular complexity index is 741. The molecule has 2 fully saturated rings. The van der Waals surface area contributed by atoms with E-state index < -0.39 is 5.60 Å². The first kappa shape index (κ1) is 24.4. The Hall–Kier alpha value is -1.88. The van der Waals surface area contributed by atoms with Gasteiger partial charge in [-0.05, 0) is 72.3 Å². The van der Waals surface area contributed by atoms with E-state index >= 15 is 0 Å². The standard InChI is InChI=1S/C25H41N3O2/c1-9-11-14-26-19(4)23(22(10-2)21-12-13-21)20(5)27-15-16-28(18(3)17-27)24(29)25(6,7)30-8/h10-11,14,18,21H,9,12-13,15-17H2,1-8H3/b14-11+,22-10-,23-20-,26-19+. The Balaban J connectivity index is 2.31. The van der Waals surface area contributed by atoms with Gasteiger partial charge >= 0.3 is 0 Å². The van der Waals surface area contributed by atoms with Gasteiger partial charge in [-0.2, -0.15) is 0 Å². The molecule has 0 spiro atoms. The number of piperazine rings is 1. The molecule has 0 aromatic rings. The number of hydrogen-bond acceptors (Lipinski definition) is 4. The van der Waals surface area contributed by atoms with E-state index in [1.54, 1.807) is 7.11 Å². The number of rotatable bonds is 8. The van der Waals surface area contributed by atoms with Crippen LogP contribution in [0.1, 0.15) is 67.7 Å². The normalized spacial score (nSPS) is 22.6. The summed E-state index contributed by atoms with van der Waals surface area (Å²) in [7, 11) is 1.60. The summed E-state index contributed by atoms with van der Waals surface area (Å²) in [6, 6.07) is 0.129. The molecule has 1 aliphatic carbocycles. The van der Waals surface area contributed by atoms with Crippen LogP contribution in [-0.4, -0.2) is 59.8 Å². The highest BCUT2D eigenvalue weighted by Crippen LogP contribution is 2.41. The number of carbonyl (C=O) groups excluding carboxylic acids is 1. The van der Waals surface area contributed by atoms with Crippen molar-refractivity contribution in [3.8, 4) is 0 Å². The number of ether oxygens (including phenoxy) is 1. The number of methoxy groups -OCH3 is 1. The number of allylic oxidation sites excluding steroid dienone is 5. The van der Waals surface area contributed by atoms with Crippen LogP contribution in [0.5, 0.6) is 0 Å². The zero-order valence-electron chi connectivity index (χ0n) is 20.3. The van der Waals surface area contributed by atoms with Gasteiger partial charge < -0.3 is 14.5 Å². The first-order valence-corrected chi connectivity index (χ1v) is 11.4. The van der Waals surface area contributed by atoms with E-state index in [-0.39, 0.29) is 11.9 Å². The fourth-order valence-corrected chi connectivity index (χ4v) is 4.15. The highest BCUT2D eigenvalue weighted by atomic mass is 16.5. The van der Waals surface area contributed by atoms with Gasteiger partial charge in [0.05, 0.1) is 0 Å². The molecular weight excluding hydrogens is 374 g/mol. The lowest BCUT2D eigenvalue weighted by molar-refractivity contribution is -0.155. The number of amides is 1. The van der Waals surface area contributed by atoms with E-state index in [0.29, 0.717) is 12.5 Å². The predicted octanol–water partition coefficient (Wildman–Crippen LogP) is 4.96. The van der Waals surface area contributed by atoms with Crippen molar-refractivity contribution >= 4 is 11.6 Å². The molecule has 1 saturated heterocycles. The van der Waals surface area contributed by atoms with Crippen LogP contribution >= 0.6 is 0 Å². The third kappa shape index (κ3) is 5.63. The fraction of sp³-hybridized carbons (Fsp3) is 0.680. The quantitative estimate of drug-likeness (QED) is 0.416. The minimum atomic E-state index is -0.786. The van der Waals surface area contributed by atoms with Crippen LogP contribution in [0.2, 0.25) is 0 Å².